The first-order valence-corrected chi connectivity index (χ1v) is 6.04. The van der Waals surface area contributed by atoms with Crippen molar-refractivity contribution in [2.24, 2.45) is 0 Å². The van der Waals surface area contributed by atoms with Gasteiger partial charge in [-0.25, -0.2) is 0 Å². The predicted molar refractivity (Wildman–Crippen MR) is 72.7 cm³/mol. The highest BCUT2D eigenvalue weighted by atomic mass is 16.5. The highest BCUT2D eigenvalue weighted by Crippen LogP contribution is 2.32. The lowest BCUT2D eigenvalue weighted by molar-refractivity contribution is 0.194. The number of methoxy groups -OCH3 is 1. The minimum absolute atomic E-state index is 0.476. The number of pyridine rings is 1. The molecule has 5 nitrogen and oxygen atoms in total. The molecule has 0 aliphatic heterocycles. The number of hydrogen-bond acceptors (Lipinski definition) is 5. The van der Waals surface area contributed by atoms with Gasteiger partial charge in [0.05, 0.1) is 36.7 Å². The lowest BCUT2D eigenvalue weighted by Crippen LogP contribution is -1.96. The van der Waals surface area contributed by atoms with E-state index in [1.54, 1.807) is 37.3 Å². The molecule has 0 aliphatic rings. The summed E-state index contributed by atoms with van der Waals surface area (Å²) in [5, 5.41) is 18.2. The lowest BCUT2D eigenvalue weighted by Gasteiger charge is -2.11. The molecular formula is C15H14N2O3. The van der Waals surface area contributed by atoms with Gasteiger partial charge in [-0.05, 0) is 31.2 Å². The summed E-state index contributed by atoms with van der Waals surface area (Å²) < 4.78 is 10.8. The summed E-state index contributed by atoms with van der Waals surface area (Å²) in [5.41, 5.74) is 1.07. The Kier molecular flexibility index (Phi) is 4.18. The molecule has 1 N–H and O–H groups in total. The molecular weight excluding hydrogens is 256 g/mol. The molecule has 5 heteroatoms. The second-order valence-corrected chi connectivity index (χ2v) is 4.17. The minimum Gasteiger partial charge on any atom is -0.493 e. The number of hydrogen-bond donors (Lipinski definition) is 1. The molecule has 1 aromatic carbocycles. The van der Waals surface area contributed by atoms with Gasteiger partial charge in [0.25, 0.3) is 0 Å². The van der Waals surface area contributed by atoms with Crippen LogP contribution in [0.3, 0.4) is 0 Å². The zero-order valence-corrected chi connectivity index (χ0v) is 11.2. The Labute approximate surface area is 117 Å². The van der Waals surface area contributed by atoms with E-state index in [1.807, 2.05) is 6.07 Å². The molecule has 0 amide bonds. The Morgan fingerprint density at radius 1 is 1.25 bits per heavy atom. The number of aliphatic hydroxyl groups excluding tert-OH is 1. The van der Waals surface area contributed by atoms with E-state index in [2.05, 4.69) is 4.98 Å². The fourth-order valence-corrected chi connectivity index (χ4v) is 1.65. The quantitative estimate of drug-likeness (QED) is 0.924. The number of nitrogens with zero attached hydrogens (tertiary/aromatic N) is 2. The van der Waals surface area contributed by atoms with Crippen LogP contribution in [0.15, 0.2) is 36.5 Å². The van der Waals surface area contributed by atoms with Crippen molar-refractivity contribution in [2.75, 3.05) is 7.11 Å². The maximum atomic E-state index is 9.39. The summed E-state index contributed by atoms with van der Waals surface area (Å²) in [5.74, 6) is 1.50. The van der Waals surface area contributed by atoms with E-state index in [0.717, 1.165) is 0 Å². The molecule has 1 atom stereocenters. The first kappa shape index (κ1) is 13.8. The van der Waals surface area contributed by atoms with E-state index in [0.29, 0.717) is 28.5 Å². The number of ether oxygens (including phenoxy) is 2. The number of aromatic nitrogens is 1. The average molecular weight is 270 g/mol. The van der Waals surface area contributed by atoms with Crippen LogP contribution in [-0.4, -0.2) is 17.2 Å². The fraction of sp³-hybridized carbons (Fsp3) is 0.200. The van der Waals surface area contributed by atoms with Crippen LogP contribution in [-0.2, 0) is 0 Å². The monoisotopic (exact) mass is 270 g/mol. The molecule has 0 spiro atoms. The second-order valence-electron chi connectivity index (χ2n) is 4.17. The van der Waals surface area contributed by atoms with Crippen LogP contribution in [0.4, 0.5) is 0 Å². The average Bonchev–Trinajstić information content (AvgIpc) is 2.48. The summed E-state index contributed by atoms with van der Waals surface area (Å²) >= 11 is 0. The molecule has 0 radical (unpaired) electrons. The van der Waals surface area contributed by atoms with E-state index in [4.69, 9.17) is 14.7 Å². The number of aliphatic hydroxyl groups is 1. The molecule has 0 saturated heterocycles. The van der Waals surface area contributed by atoms with Crippen molar-refractivity contribution in [3.8, 4) is 23.3 Å². The van der Waals surface area contributed by atoms with Gasteiger partial charge in [-0.15, -0.1) is 0 Å². The Morgan fingerprint density at radius 2 is 2.05 bits per heavy atom. The van der Waals surface area contributed by atoms with Crippen molar-refractivity contribution in [1.82, 2.24) is 4.98 Å². The molecule has 0 aliphatic carbocycles. The number of rotatable bonds is 4. The third kappa shape index (κ3) is 3.05. The normalized spacial score (nSPS) is 11.5. The minimum atomic E-state index is -0.617. The van der Waals surface area contributed by atoms with Crippen molar-refractivity contribution < 1.29 is 14.6 Å². The molecule has 0 fully saturated rings. The van der Waals surface area contributed by atoms with Crippen molar-refractivity contribution in [2.45, 2.75) is 13.0 Å². The van der Waals surface area contributed by atoms with Gasteiger partial charge in [-0.1, -0.05) is 0 Å². The summed E-state index contributed by atoms with van der Waals surface area (Å²) in [4.78, 5) is 4.10. The third-order valence-electron chi connectivity index (χ3n) is 2.71. The van der Waals surface area contributed by atoms with Gasteiger partial charge >= 0.3 is 0 Å². The summed E-state index contributed by atoms with van der Waals surface area (Å²) in [6, 6.07) is 10.4. The standard InChI is InChI=1S/C15H14N2O3/c1-10(18)13-5-4-12(9-17-13)20-14-6-3-11(8-16)7-15(14)19-2/h3-7,9-10,18H,1-2H3/t10-/m1/s1. The van der Waals surface area contributed by atoms with Gasteiger partial charge < -0.3 is 14.6 Å². The number of nitriles is 1. The SMILES string of the molecule is COc1cc(C#N)ccc1Oc1ccc([C@@H](C)O)nc1. The van der Waals surface area contributed by atoms with Crippen molar-refractivity contribution in [3.05, 3.63) is 47.8 Å². The van der Waals surface area contributed by atoms with Gasteiger partial charge in [0.1, 0.15) is 5.75 Å². The Balaban J connectivity index is 2.23. The smallest absolute Gasteiger partial charge is 0.169 e. The number of benzene rings is 1. The molecule has 2 aromatic rings. The topological polar surface area (TPSA) is 75.4 Å². The highest BCUT2D eigenvalue weighted by molar-refractivity contribution is 5.48. The van der Waals surface area contributed by atoms with E-state index in [-0.39, 0.29) is 0 Å². The first-order chi connectivity index (χ1) is 9.63. The fourth-order valence-electron chi connectivity index (χ4n) is 1.65. The van der Waals surface area contributed by atoms with Crippen molar-refractivity contribution >= 4 is 0 Å². The molecule has 102 valence electrons. The molecule has 1 heterocycles. The first-order valence-electron chi connectivity index (χ1n) is 6.04. The third-order valence-corrected chi connectivity index (χ3v) is 2.71. The van der Waals surface area contributed by atoms with Crippen LogP contribution in [0, 0.1) is 11.3 Å². The molecule has 0 bridgehead atoms. The Bertz CT molecular complexity index is 631. The molecule has 0 unspecified atom stereocenters. The van der Waals surface area contributed by atoms with E-state index in [1.165, 1.54) is 13.3 Å². The van der Waals surface area contributed by atoms with Gasteiger partial charge in [-0.3, -0.25) is 4.98 Å². The van der Waals surface area contributed by atoms with Crippen LogP contribution in [0.1, 0.15) is 24.3 Å². The predicted octanol–water partition coefficient (Wildman–Crippen LogP) is 2.81. The molecule has 20 heavy (non-hydrogen) atoms. The molecule has 2 rings (SSSR count). The van der Waals surface area contributed by atoms with Gasteiger partial charge in [-0.2, -0.15) is 5.26 Å². The van der Waals surface area contributed by atoms with Gasteiger partial charge in [0.2, 0.25) is 0 Å². The van der Waals surface area contributed by atoms with Gasteiger partial charge in [0, 0.05) is 6.07 Å². The zero-order valence-electron chi connectivity index (χ0n) is 11.2. The van der Waals surface area contributed by atoms with Crippen LogP contribution in [0.2, 0.25) is 0 Å². The van der Waals surface area contributed by atoms with Crippen molar-refractivity contribution in [1.29, 1.82) is 5.26 Å². The summed E-state index contributed by atoms with van der Waals surface area (Å²) in [7, 11) is 1.51. The van der Waals surface area contributed by atoms with Crippen molar-refractivity contribution in [3.63, 3.8) is 0 Å². The van der Waals surface area contributed by atoms with Crippen LogP contribution in [0.5, 0.6) is 17.2 Å². The maximum absolute atomic E-state index is 9.39. The Morgan fingerprint density at radius 3 is 2.60 bits per heavy atom. The second kappa shape index (κ2) is 6.04. The molecule has 1 aromatic heterocycles. The van der Waals surface area contributed by atoms with Gasteiger partial charge in [0.15, 0.2) is 11.5 Å². The van der Waals surface area contributed by atoms with Crippen LogP contribution < -0.4 is 9.47 Å². The summed E-state index contributed by atoms with van der Waals surface area (Å²) in [6.45, 7) is 1.65. The zero-order chi connectivity index (χ0) is 14.5. The van der Waals surface area contributed by atoms with Crippen LogP contribution in [0.25, 0.3) is 0 Å². The van der Waals surface area contributed by atoms with E-state index >= 15 is 0 Å². The molecule has 0 saturated carbocycles. The summed E-state index contributed by atoms with van der Waals surface area (Å²) in [6.07, 6.45) is 0.910. The largest absolute Gasteiger partial charge is 0.493 e. The van der Waals surface area contributed by atoms with Crippen LogP contribution >= 0.6 is 0 Å². The highest BCUT2D eigenvalue weighted by Gasteiger charge is 2.08. The maximum Gasteiger partial charge on any atom is 0.169 e. The van der Waals surface area contributed by atoms with E-state index in [9.17, 15) is 5.11 Å². The van der Waals surface area contributed by atoms with E-state index < -0.39 is 6.10 Å². The Hall–Kier alpha value is -2.58. The lowest BCUT2D eigenvalue weighted by atomic mass is 10.2.